The Balaban J connectivity index is 1.66. The average Bonchev–Trinajstić information content (AvgIpc) is 2.32. The Morgan fingerprint density at radius 1 is 1.40 bits per heavy atom. The fourth-order valence-electron chi connectivity index (χ4n) is 1.75. The minimum absolute atomic E-state index is 0.385. The second-order valence-electron chi connectivity index (χ2n) is 3.82. The van der Waals surface area contributed by atoms with Crippen molar-refractivity contribution in [2.45, 2.75) is 31.9 Å². The molecule has 1 atom stereocenters. The molecule has 15 heavy (non-hydrogen) atoms. The Kier molecular flexibility index (Phi) is 4.05. The highest BCUT2D eigenvalue weighted by Gasteiger charge is 2.12. The summed E-state index contributed by atoms with van der Waals surface area (Å²) in [7, 11) is 0. The van der Waals surface area contributed by atoms with Crippen LogP contribution in [0, 0.1) is 0 Å². The first-order valence-corrected chi connectivity index (χ1v) is 5.52. The summed E-state index contributed by atoms with van der Waals surface area (Å²) in [6, 6.07) is 0. The van der Waals surface area contributed by atoms with Gasteiger partial charge in [-0.05, 0) is 19.3 Å². The lowest BCUT2D eigenvalue weighted by Crippen LogP contribution is -2.31. The third-order valence-corrected chi connectivity index (χ3v) is 2.57. The number of hydrogen-bond acceptors (Lipinski definition) is 4. The van der Waals surface area contributed by atoms with Gasteiger partial charge >= 0.3 is 0 Å². The maximum atomic E-state index is 5.62. The fourth-order valence-corrected chi connectivity index (χ4v) is 1.75. The van der Waals surface area contributed by atoms with Crippen LogP contribution in [0.15, 0.2) is 18.6 Å². The highest BCUT2D eigenvalue weighted by molar-refractivity contribution is 4.93. The minimum Gasteiger partial charge on any atom is -0.377 e. The van der Waals surface area contributed by atoms with Gasteiger partial charge in [0.1, 0.15) is 0 Å². The maximum absolute atomic E-state index is 5.62. The van der Waals surface area contributed by atoms with Crippen molar-refractivity contribution >= 4 is 0 Å². The van der Waals surface area contributed by atoms with Crippen LogP contribution < -0.4 is 5.32 Å². The molecule has 82 valence electrons. The second-order valence-corrected chi connectivity index (χ2v) is 3.82. The largest absolute Gasteiger partial charge is 0.377 e. The van der Waals surface area contributed by atoms with E-state index in [4.69, 9.17) is 4.74 Å². The van der Waals surface area contributed by atoms with Crippen molar-refractivity contribution in [3.63, 3.8) is 0 Å². The first kappa shape index (κ1) is 10.5. The van der Waals surface area contributed by atoms with Gasteiger partial charge in [0.15, 0.2) is 0 Å². The van der Waals surface area contributed by atoms with E-state index in [1.807, 2.05) is 0 Å². The highest BCUT2D eigenvalue weighted by Crippen LogP contribution is 2.11. The van der Waals surface area contributed by atoms with Crippen LogP contribution >= 0.6 is 0 Å². The van der Waals surface area contributed by atoms with Crippen molar-refractivity contribution in [1.29, 1.82) is 0 Å². The zero-order valence-corrected chi connectivity index (χ0v) is 8.85. The van der Waals surface area contributed by atoms with E-state index in [1.54, 1.807) is 18.6 Å². The van der Waals surface area contributed by atoms with Crippen LogP contribution in [0.4, 0.5) is 0 Å². The molecule has 0 bridgehead atoms. The molecule has 0 amide bonds. The minimum atomic E-state index is 0.385. The van der Waals surface area contributed by atoms with Crippen LogP contribution in [0.25, 0.3) is 0 Å². The zero-order chi connectivity index (χ0) is 10.3. The predicted octanol–water partition coefficient (Wildman–Crippen LogP) is 1.14. The Morgan fingerprint density at radius 3 is 3.13 bits per heavy atom. The summed E-state index contributed by atoms with van der Waals surface area (Å²) in [5, 5.41) is 3.34. The number of nitrogens with zero attached hydrogens (tertiary/aromatic N) is 2. The predicted molar refractivity (Wildman–Crippen MR) is 57.3 cm³/mol. The normalized spacial score (nSPS) is 21.5. The van der Waals surface area contributed by atoms with E-state index in [9.17, 15) is 0 Å². The fraction of sp³-hybridized carbons (Fsp3) is 0.636. The standard InChI is InChI=1S/C11H17N3O/c1-2-6-15-11(3-1)9-13-8-10-7-12-4-5-14-10/h4-5,7,11,13H,1-3,6,8-9H2. The summed E-state index contributed by atoms with van der Waals surface area (Å²) in [6.07, 6.45) is 9.25. The SMILES string of the molecule is c1cnc(CNCC2CCCCO2)cn1. The lowest BCUT2D eigenvalue weighted by molar-refractivity contribution is 0.0167. The van der Waals surface area contributed by atoms with Gasteiger partial charge in [-0.3, -0.25) is 9.97 Å². The smallest absolute Gasteiger partial charge is 0.0724 e. The van der Waals surface area contributed by atoms with Crippen molar-refractivity contribution in [1.82, 2.24) is 15.3 Å². The Morgan fingerprint density at radius 2 is 2.40 bits per heavy atom. The van der Waals surface area contributed by atoms with Gasteiger partial charge in [-0.1, -0.05) is 0 Å². The molecule has 1 aliphatic heterocycles. The average molecular weight is 207 g/mol. The van der Waals surface area contributed by atoms with Crippen LogP contribution in [0.1, 0.15) is 25.0 Å². The molecule has 1 saturated heterocycles. The molecule has 0 radical (unpaired) electrons. The maximum Gasteiger partial charge on any atom is 0.0724 e. The lowest BCUT2D eigenvalue weighted by Gasteiger charge is -2.22. The molecule has 2 heterocycles. The van der Waals surface area contributed by atoms with Gasteiger partial charge in [-0.25, -0.2) is 0 Å². The third kappa shape index (κ3) is 3.57. The van der Waals surface area contributed by atoms with Crippen molar-refractivity contribution in [3.05, 3.63) is 24.3 Å². The molecule has 1 aromatic heterocycles. The number of hydrogen-bond donors (Lipinski definition) is 1. The van der Waals surface area contributed by atoms with Crippen molar-refractivity contribution in [2.75, 3.05) is 13.2 Å². The third-order valence-electron chi connectivity index (χ3n) is 2.57. The molecule has 1 aliphatic rings. The van der Waals surface area contributed by atoms with E-state index in [2.05, 4.69) is 15.3 Å². The quantitative estimate of drug-likeness (QED) is 0.804. The summed E-state index contributed by atoms with van der Waals surface area (Å²) in [6.45, 7) is 2.60. The molecule has 1 aromatic rings. The molecule has 4 heteroatoms. The molecule has 0 spiro atoms. The summed E-state index contributed by atoms with van der Waals surface area (Å²) < 4.78 is 5.62. The zero-order valence-electron chi connectivity index (χ0n) is 8.85. The van der Waals surface area contributed by atoms with Gasteiger partial charge in [0.25, 0.3) is 0 Å². The van der Waals surface area contributed by atoms with E-state index in [1.165, 1.54) is 19.3 Å². The molecule has 2 rings (SSSR count). The topological polar surface area (TPSA) is 47.0 Å². The summed E-state index contributed by atoms with van der Waals surface area (Å²) in [5.74, 6) is 0. The van der Waals surface area contributed by atoms with Crippen LogP contribution in [-0.4, -0.2) is 29.2 Å². The molecule has 1 N–H and O–H groups in total. The summed E-state index contributed by atoms with van der Waals surface area (Å²) in [4.78, 5) is 8.21. The molecular weight excluding hydrogens is 190 g/mol. The molecule has 4 nitrogen and oxygen atoms in total. The molecule has 0 aliphatic carbocycles. The molecule has 1 unspecified atom stereocenters. The molecule has 0 saturated carbocycles. The monoisotopic (exact) mass is 207 g/mol. The van der Waals surface area contributed by atoms with Crippen LogP contribution in [-0.2, 0) is 11.3 Å². The number of ether oxygens (including phenoxy) is 1. The Hall–Kier alpha value is -1.00. The number of aromatic nitrogens is 2. The van der Waals surface area contributed by atoms with Gasteiger partial charge in [-0.15, -0.1) is 0 Å². The van der Waals surface area contributed by atoms with Gasteiger partial charge < -0.3 is 10.1 Å². The first-order valence-electron chi connectivity index (χ1n) is 5.52. The van der Waals surface area contributed by atoms with Crippen molar-refractivity contribution in [3.8, 4) is 0 Å². The van der Waals surface area contributed by atoms with Crippen LogP contribution in [0.5, 0.6) is 0 Å². The van der Waals surface area contributed by atoms with Crippen LogP contribution in [0.2, 0.25) is 0 Å². The number of nitrogens with one attached hydrogen (secondary N) is 1. The van der Waals surface area contributed by atoms with Gasteiger partial charge in [-0.2, -0.15) is 0 Å². The van der Waals surface area contributed by atoms with Gasteiger partial charge in [0.2, 0.25) is 0 Å². The Labute approximate surface area is 90.1 Å². The highest BCUT2D eigenvalue weighted by atomic mass is 16.5. The summed E-state index contributed by atoms with van der Waals surface area (Å²) >= 11 is 0. The summed E-state index contributed by atoms with van der Waals surface area (Å²) in [5.41, 5.74) is 0.980. The second kappa shape index (κ2) is 5.78. The molecule has 0 aromatic carbocycles. The lowest BCUT2D eigenvalue weighted by atomic mass is 10.1. The molecule has 1 fully saturated rings. The van der Waals surface area contributed by atoms with Crippen LogP contribution in [0.3, 0.4) is 0 Å². The van der Waals surface area contributed by atoms with Gasteiger partial charge in [0.05, 0.1) is 11.8 Å². The first-order chi connectivity index (χ1) is 7.45. The van der Waals surface area contributed by atoms with E-state index < -0.39 is 0 Å². The Bertz CT molecular complexity index is 272. The van der Waals surface area contributed by atoms with Crippen molar-refractivity contribution in [2.24, 2.45) is 0 Å². The van der Waals surface area contributed by atoms with E-state index in [0.717, 1.165) is 25.4 Å². The molecular formula is C11H17N3O. The van der Waals surface area contributed by atoms with E-state index >= 15 is 0 Å². The number of rotatable bonds is 4. The van der Waals surface area contributed by atoms with E-state index in [-0.39, 0.29) is 0 Å². The van der Waals surface area contributed by atoms with Gasteiger partial charge in [0, 0.05) is 38.3 Å². The van der Waals surface area contributed by atoms with Crippen molar-refractivity contribution < 1.29 is 4.74 Å². The van der Waals surface area contributed by atoms with E-state index in [0.29, 0.717) is 6.10 Å².